The van der Waals surface area contributed by atoms with Gasteiger partial charge in [-0.2, -0.15) is 5.10 Å². The Balaban J connectivity index is 1.88. The molecule has 168 valence electrons. The molecule has 0 radical (unpaired) electrons. The lowest BCUT2D eigenvalue weighted by molar-refractivity contribution is 0.0977. The Labute approximate surface area is 188 Å². The van der Waals surface area contributed by atoms with Crippen LogP contribution in [-0.4, -0.2) is 35.9 Å². The van der Waals surface area contributed by atoms with Gasteiger partial charge in [0.15, 0.2) is 0 Å². The highest BCUT2D eigenvalue weighted by Gasteiger charge is 2.14. The molecule has 0 unspecified atom stereocenters. The molecule has 0 atom stereocenters. The Morgan fingerprint density at radius 3 is 2.41 bits per heavy atom. The maximum Gasteiger partial charge on any atom is 0.257 e. The maximum atomic E-state index is 12.9. The quantitative estimate of drug-likeness (QED) is 0.433. The van der Waals surface area contributed by atoms with E-state index >= 15 is 0 Å². The topological polar surface area (TPSA) is 89.8 Å². The lowest BCUT2D eigenvalue weighted by Crippen LogP contribution is -2.36. The molecule has 3 rings (SSSR count). The molecule has 2 N–H and O–H groups in total. The molecule has 8 heteroatoms. The van der Waals surface area contributed by atoms with Gasteiger partial charge in [-0.3, -0.25) is 14.8 Å². The van der Waals surface area contributed by atoms with Crippen LogP contribution in [0.5, 0.6) is 11.5 Å². The summed E-state index contributed by atoms with van der Waals surface area (Å²) in [7, 11) is 3.18. The number of para-hydroxylation sites is 2. The lowest BCUT2D eigenvalue weighted by atomic mass is 10.2. The van der Waals surface area contributed by atoms with E-state index in [4.69, 9.17) is 9.47 Å². The summed E-state index contributed by atoms with van der Waals surface area (Å²) in [6, 6.07) is 14.3. The summed E-state index contributed by atoms with van der Waals surface area (Å²) in [6.07, 6.45) is 0. The first kappa shape index (κ1) is 22.9. The van der Waals surface area contributed by atoms with Crippen molar-refractivity contribution in [1.29, 1.82) is 0 Å². The number of guanidine groups is 1. The van der Waals surface area contributed by atoms with Gasteiger partial charge in [0, 0.05) is 23.4 Å². The molecule has 2 aromatic carbocycles. The molecular weight excluding hydrogens is 406 g/mol. The van der Waals surface area contributed by atoms with E-state index < -0.39 is 0 Å². The van der Waals surface area contributed by atoms with Crippen molar-refractivity contribution in [2.45, 2.75) is 33.9 Å². The highest BCUT2D eigenvalue weighted by atomic mass is 16.5. The van der Waals surface area contributed by atoms with E-state index in [2.05, 4.69) is 27.6 Å². The first-order valence-electron chi connectivity index (χ1n) is 10.4. The van der Waals surface area contributed by atoms with Gasteiger partial charge in [-0.05, 0) is 57.2 Å². The summed E-state index contributed by atoms with van der Waals surface area (Å²) >= 11 is 0. The van der Waals surface area contributed by atoms with E-state index in [9.17, 15) is 4.79 Å². The standard InChI is InChI=1S/C24H29N5O3/c1-6-29-17(3)20(16(2)28-29)15-25-24(26-21-9-7-8-10-22(21)32-5)27-23(30)18-11-13-19(31-4)14-12-18/h7-14H,6,15H2,1-5H3,(H2,25,26,27,30). The van der Waals surface area contributed by atoms with Gasteiger partial charge in [0.1, 0.15) is 11.5 Å². The molecule has 0 aliphatic rings. The van der Waals surface area contributed by atoms with Crippen LogP contribution >= 0.6 is 0 Å². The minimum absolute atomic E-state index is 0.286. The van der Waals surface area contributed by atoms with E-state index in [1.807, 2.05) is 42.8 Å². The third-order valence-electron chi connectivity index (χ3n) is 5.17. The fraction of sp³-hybridized carbons (Fsp3) is 0.292. The molecule has 0 spiro atoms. The third kappa shape index (κ3) is 5.26. The Morgan fingerprint density at radius 1 is 1.06 bits per heavy atom. The first-order valence-corrected chi connectivity index (χ1v) is 10.4. The van der Waals surface area contributed by atoms with Crippen LogP contribution < -0.4 is 20.1 Å². The molecule has 0 aliphatic carbocycles. The molecule has 0 saturated carbocycles. The maximum absolute atomic E-state index is 12.9. The number of carbonyl (C=O) groups excluding carboxylic acids is 1. The molecule has 0 aliphatic heterocycles. The van der Waals surface area contributed by atoms with Crippen molar-refractivity contribution in [3.63, 3.8) is 0 Å². The van der Waals surface area contributed by atoms with Crippen LogP contribution in [-0.2, 0) is 13.1 Å². The molecule has 1 heterocycles. The van der Waals surface area contributed by atoms with Crippen LogP contribution in [0.3, 0.4) is 0 Å². The highest BCUT2D eigenvalue weighted by Crippen LogP contribution is 2.23. The molecule has 0 fully saturated rings. The zero-order valence-electron chi connectivity index (χ0n) is 19.1. The molecule has 1 aromatic heterocycles. The number of hydrogen-bond acceptors (Lipinski definition) is 5. The second-order valence-electron chi connectivity index (χ2n) is 7.14. The monoisotopic (exact) mass is 435 g/mol. The highest BCUT2D eigenvalue weighted by molar-refractivity contribution is 6.10. The molecule has 3 aromatic rings. The Hall–Kier alpha value is -3.81. The van der Waals surface area contributed by atoms with Crippen molar-refractivity contribution in [2.75, 3.05) is 19.5 Å². The Morgan fingerprint density at radius 2 is 1.78 bits per heavy atom. The second kappa shape index (κ2) is 10.5. The fourth-order valence-corrected chi connectivity index (χ4v) is 3.34. The van der Waals surface area contributed by atoms with Crippen LogP contribution in [0.1, 0.15) is 34.2 Å². The predicted octanol–water partition coefficient (Wildman–Crippen LogP) is 3.94. The van der Waals surface area contributed by atoms with Gasteiger partial charge in [0.25, 0.3) is 5.91 Å². The summed E-state index contributed by atoms with van der Waals surface area (Å²) in [4.78, 5) is 17.5. The van der Waals surface area contributed by atoms with E-state index in [0.717, 1.165) is 23.5 Å². The Kier molecular flexibility index (Phi) is 7.49. The minimum atomic E-state index is -0.286. The van der Waals surface area contributed by atoms with Crippen LogP contribution in [0.15, 0.2) is 53.5 Å². The zero-order valence-corrected chi connectivity index (χ0v) is 19.1. The fourth-order valence-electron chi connectivity index (χ4n) is 3.34. The molecule has 8 nitrogen and oxygen atoms in total. The van der Waals surface area contributed by atoms with Gasteiger partial charge in [-0.25, -0.2) is 4.99 Å². The van der Waals surface area contributed by atoms with Crippen molar-refractivity contribution in [3.05, 3.63) is 71.0 Å². The summed E-state index contributed by atoms with van der Waals surface area (Å²) in [5.74, 6) is 1.36. The summed E-state index contributed by atoms with van der Waals surface area (Å²) < 4.78 is 12.5. The number of nitrogens with zero attached hydrogens (tertiary/aromatic N) is 3. The van der Waals surface area contributed by atoms with Gasteiger partial charge < -0.3 is 14.8 Å². The number of aliphatic imine (C=N–C) groups is 1. The van der Waals surface area contributed by atoms with Gasteiger partial charge >= 0.3 is 0 Å². The van der Waals surface area contributed by atoms with Crippen molar-refractivity contribution in [3.8, 4) is 11.5 Å². The van der Waals surface area contributed by atoms with Crippen LogP contribution in [0.2, 0.25) is 0 Å². The van der Waals surface area contributed by atoms with Crippen molar-refractivity contribution in [1.82, 2.24) is 15.1 Å². The number of benzene rings is 2. The molecule has 1 amide bonds. The van der Waals surface area contributed by atoms with Crippen molar-refractivity contribution >= 4 is 17.6 Å². The predicted molar refractivity (Wildman–Crippen MR) is 126 cm³/mol. The van der Waals surface area contributed by atoms with E-state index in [1.54, 1.807) is 38.5 Å². The number of methoxy groups -OCH3 is 2. The Bertz CT molecular complexity index is 1100. The number of hydrogen-bond donors (Lipinski definition) is 2. The molecule has 0 bridgehead atoms. The molecule has 0 saturated heterocycles. The number of ether oxygens (including phenoxy) is 2. The lowest BCUT2D eigenvalue weighted by Gasteiger charge is -2.14. The third-order valence-corrected chi connectivity index (χ3v) is 5.17. The van der Waals surface area contributed by atoms with Gasteiger partial charge in [0.2, 0.25) is 5.96 Å². The van der Waals surface area contributed by atoms with Crippen LogP contribution in [0.4, 0.5) is 5.69 Å². The number of amides is 1. The van der Waals surface area contributed by atoms with E-state index in [0.29, 0.717) is 35.3 Å². The average Bonchev–Trinajstić information content (AvgIpc) is 3.10. The summed E-state index contributed by atoms with van der Waals surface area (Å²) in [6.45, 7) is 7.20. The zero-order chi connectivity index (χ0) is 23.1. The average molecular weight is 436 g/mol. The molecular formula is C24H29N5O3. The largest absolute Gasteiger partial charge is 0.497 e. The number of carbonyl (C=O) groups is 1. The van der Waals surface area contributed by atoms with E-state index in [-0.39, 0.29) is 5.91 Å². The van der Waals surface area contributed by atoms with Crippen LogP contribution in [0.25, 0.3) is 0 Å². The number of anilines is 1. The number of aromatic nitrogens is 2. The van der Waals surface area contributed by atoms with E-state index in [1.165, 1.54) is 0 Å². The normalized spacial score (nSPS) is 11.2. The van der Waals surface area contributed by atoms with Crippen molar-refractivity contribution in [2.24, 2.45) is 4.99 Å². The minimum Gasteiger partial charge on any atom is -0.497 e. The summed E-state index contributed by atoms with van der Waals surface area (Å²) in [5.41, 5.74) is 4.20. The van der Waals surface area contributed by atoms with Gasteiger partial charge in [-0.15, -0.1) is 0 Å². The number of aryl methyl sites for hydroxylation is 2. The van der Waals surface area contributed by atoms with Crippen molar-refractivity contribution < 1.29 is 14.3 Å². The molecule has 32 heavy (non-hydrogen) atoms. The van der Waals surface area contributed by atoms with Gasteiger partial charge in [0.05, 0.1) is 32.1 Å². The van der Waals surface area contributed by atoms with Crippen LogP contribution in [0, 0.1) is 13.8 Å². The SMILES string of the molecule is CCn1nc(C)c(CN=C(NC(=O)c2ccc(OC)cc2)Nc2ccccc2OC)c1C. The second-order valence-corrected chi connectivity index (χ2v) is 7.14. The number of rotatable bonds is 7. The smallest absolute Gasteiger partial charge is 0.257 e. The van der Waals surface area contributed by atoms with Gasteiger partial charge in [-0.1, -0.05) is 12.1 Å². The summed E-state index contributed by atoms with van der Waals surface area (Å²) in [5, 5.41) is 10.6. The number of nitrogens with one attached hydrogen (secondary N) is 2. The first-order chi connectivity index (χ1) is 15.5.